The minimum absolute atomic E-state index is 0.201. The summed E-state index contributed by atoms with van der Waals surface area (Å²) in [6, 6.07) is 20.9. The van der Waals surface area contributed by atoms with Crippen LogP contribution in [0.25, 0.3) is 0 Å². The van der Waals surface area contributed by atoms with Crippen molar-refractivity contribution in [3.8, 4) is 0 Å². The molecular formula is C25H29N5O2. The van der Waals surface area contributed by atoms with Crippen molar-refractivity contribution in [2.45, 2.75) is 38.5 Å². The molecule has 3 N–H and O–H groups in total. The third-order valence-corrected chi connectivity index (χ3v) is 5.74. The maximum atomic E-state index is 12.5. The molecule has 4 aromatic rings. The molecule has 0 spiro atoms. The van der Waals surface area contributed by atoms with Gasteiger partial charge in [0.2, 0.25) is 0 Å². The number of aromatic nitrogens is 4. The first-order valence-corrected chi connectivity index (χ1v) is 11.0. The fourth-order valence-corrected chi connectivity index (χ4v) is 4.12. The topological polar surface area (TPSA) is 87.9 Å². The van der Waals surface area contributed by atoms with Crippen LogP contribution in [-0.2, 0) is 19.7 Å². The smallest absolute Gasteiger partial charge is 0.327 e. The number of nitrogens with zero attached hydrogens (tertiary/aromatic N) is 3. The molecule has 166 valence electrons. The average molecular weight is 432 g/mol. The molecule has 2 heterocycles. The Morgan fingerprint density at radius 3 is 2.28 bits per heavy atom. The van der Waals surface area contributed by atoms with Crippen LogP contribution in [0.2, 0.25) is 0 Å². The van der Waals surface area contributed by atoms with Crippen LogP contribution in [0.15, 0.2) is 84.2 Å². The van der Waals surface area contributed by atoms with Crippen LogP contribution in [-0.4, -0.2) is 30.8 Å². The number of hydrogen-bond donors (Lipinski definition) is 3. The molecule has 0 aliphatic heterocycles. The van der Waals surface area contributed by atoms with E-state index in [1.165, 1.54) is 11.1 Å². The van der Waals surface area contributed by atoms with Gasteiger partial charge in [-0.25, -0.2) is 9.78 Å². The van der Waals surface area contributed by atoms with Gasteiger partial charge in [-0.05, 0) is 24.0 Å². The molecular weight excluding hydrogens is 402 g/mol. The van der Waals surface area contributed by atoms with Crippen LogP contribution < -0.4 is 11.0 Å². The van der Waals surface area contributed by atoms with Crippen molar-refractivity contribution in [3.63, 3.8) is 0 Å². The van der Waals surface area contributed by atoms with E-state index >= 15 is 0 Å². The number of hydrogen-bond acceptors (Lipinski definition) is 4. The second kappa shape index (κ2) is 10.6. The van der Waals surface area contributed by atoms with Crippen molar-refractivity contribution in [1.29, 1.82) is 0 Å². The van der Waals surface area contributed by atoms with Crippen molar-refractivity contribution in [1.82, 2.24) is 19.1 Å². The van der Waals surface area contributed by atoms with Gasteiger partial charge in [0.1, 0.15) is 5.82 Å². The van der Waals surface area contributed by atoms with Crippen molar-refractivity contribution in [2.24, 2.45) is 0 Å². The summed E-state index contributed by atoms with van der Waals surface area (Å²) in [5.74, 6) is 0.839. The third-order valence-electron chi connectivity index (χ3n) is 5.74. The molecule has 32 heavy (non-hydrogen) atoms. The molecule has 7 nitrogen and oxygen atoms in total. The molecule has 0 unspecified atom stereocenters. The fourth-order valence-electron chi connectivity index (χ4n) is 4.12. The minimum atomic E-state index is -0.204. The zero-order chi connectivity index (χ0) is 22.2. The van der Waals surface area contributed by atoms with Crippen molar-refractivity contribution in [2.75, 3.05) is 11.9 Å². The number of aromatic amines is 1. The molecule has 2 aromatic carbocycles. The Morgan fingerprint density at radius 1 is 1.00 bits per heavy atom. The molecule has 0 bridgehead atoms. The van der Waals surface area contributed by atoms with E-state index in [0.717, 1.165) is 19.4 Å². The highest BCUT2D eigenvalue weighted by Crippen LogP contribution is 2.28. The van der Waals surface area contributed by atoms with Gasteiger partial charge in [0.25, 0.3) is 0 Å². The van der Waals surface area contributed by atoms with Crippen LogP contribution in [0.5, 0.6) is 0 Å². The zero-order valence-electron chi connectivity index (χ0n) is 18.0. The molecule has 0 radical (unpaired) electrons. The van der Waals surface area contributed by atoms with Crippen molar-refractivity contribution < 1.29 is 5.11 Å². The number of aryl methyl sites for hydroxylation is 1. The Kier molecular flexibility index (Phi) is 7.19. The van der Waals surface area contributed by atoms with Crippen LogP contribution in [0, 0.1) is 0 Å². The zero-order valence-corrected chi connectivity index (χ0v) is 18.0. The molecule has 0 atom stereocenters. The quantitative estimate of drug-likeness (QED) is 0.339. The third kappa shape index (κ3) is 5.18. The van der Waals surface area contributed by atoms with Gasteiger partial charge in [-0.2, -0.15) is 0 Å². The fraction of sp³-hybridized carbons (Fsp3) is 0.280. The number of benzene rings is 2. The number of H-pyrrole nitrogens is 1. The predicted molar refractivity (Wildman–Crippen MR) is 126 cm³/mol. The van der Waals surface area contributed by atoms with E-state index in [1.807, 2.05) is 22.9 Å². The van der Waals surface area contributed by atoms with Gasteiger partial charge in [-0.1, -0.05) is 60.7 Å². The summed E-state index contributed by atoms with van der Waals surface area (Å²) in [6.07, 6.45) is 7.02. The molecule has 4 rings (SSSR count). The number of nitrogens with one attached hydrogen (secondary N) is 2. The van der Waals surface area contributed by atoms with E-state index in [9.17, 15) is 9.90 Å². The summed E-state index contributed by atoms with van der Waals surface area (Å²) in [6.45, 7) is 1.76. The number of imidazole rings is 2. The van der Waals surface area contributed by atoms with Crippen LogP contribution in [0.1, 0.15) is 35.6 Å². The summed E-state index contributed by atoms with van der Waals surface area (Å²) >= 11 is 0. The molecule has 7 heteroatoms. The molecule has 0 fully saturated rings. The largest absolute Gasteiger partial charge is 0.390 e. The predicted octanol–water partition coefficient (Wildman–Crippen LogP) is 3.59. The summed E-state index contributed by atoms with van der Waals surface area (Å²) < 4.78 is 3.59. The monoisotopic (exact) mass is 431 g/mol. The SMILES string of the molecule is O=c1[nH]c(NCCC(c2ccccc2)c2ccccc2)c(CO)n1CCCn1ccnc1. The normalized spacial score (nSPS) is 11.2. The van der Waals surface area contributed by atoms with E-state index in [4.69, 9.17) is 0 Å². The lowest BCUT2D eigenvalue weighted by Gasteiger charge is -2.19. The summed E-state index contributed by atoms with van der Waals surface area (Å²) in [4.78, 5) is 19.4. The number of rotatable bonds is 11. The van der Waals surface area contributed by atoms with E-state index in [0.29, 0.717) is 24.6 Å². The van der Waals surface area contributed by atoms with E-state index in [2.05, 4.69) is 63.8 Å². The summed E-state index contributed by atoms with van der Waals surface area (Å²) in [5.41, 5.74) is 2.91. The maximum Gasteiger partial charge on any atom is 0.327 e. The van der Waals surface area contributed by atoms with Gasteiger partial charge in [0.15, 0.2) is 0 Å². The Balaban J connectivity index is 1.42. The van der Waals surface area contributed by atoms with E-state index < -0.39 is 0 Å². The van der Waals surface area contributed by atoms with Gasteiger partial charge in [0.05, 0.1) is 18.6 Å². The molecule has 0 aliphatic carbocycles. The van der Waals surface area contributed by atoms with E-state index in [1.54, 1.807) is 17.1 Å². The molecule has 0 saturated carbocycles. The Morgan fingerprint density at radius 2 is 1.69 bits per heavy atom. The molecule has 2 aromatic heterocycles. The average Bonchev–Trinajstić information content (AvgIpc) is 3.45. The first kappa shape index (κ1) is 21.6. The van der Waals surface area contributed by atoms with Gasteiger partial charge in [-0.15, -0.1) is 0 Å². The lowest BCUT2D eigenvalue weighted by molar-refractivity contribution is 0.270. The van der Waals surface area contributed by atoms with Gasteiger partial charge in [0, 0.05) is 37.9 Å². The lowest BCUT2D eigenvalue weighted by Crippen LogP contribution is -2.19. The highest BCUT2D eigenvalue weighted by molar-refractivity contribution is 5.41. The summed E-state index contributed by atoms with van der Waals surface area (Å²) in [7, 11) is 0. The Labute approximate surface area is 187 Å². The molecule has 0 amide bonds. The number of aliphatic hydroxyl groups is 1. The molecule has 0 aliphatic rings. The standard InChI is InChI=1S/C25H29N5O2/c31-18-23-24(28-25(32)30(23)16-7-15-29-17-14-26-19-29)27-13-12-22(20-8-3-1-4-9-20)21-10-5-2-6-11-21/h1-6,8-11,14,17,19,22,27,31H,7,12-13,15-16,18H2,(H,28,32). The van der Waals surface area contributed by atoms with Gasteiger partial charge >= 0.3 is 5.69 Å². The van der Waals surface area contributed by atoms with E-state index in [-0.39, 0.29) is 18.2 Å². The molecule has 0 saturated heterocycles. The highest BCUT2D eigenvalue weighted by Gasteiger charge is 2.16. The Hall–Kier alpha value is -3.58. The van der Waals surface area contributed by atoms with Crippen molar-refractivity contribution in [3.05, 3.63) is 107 Å². The van der Waals surface area contributed by atoms with Crippen LogP contribution >= 0.6 is 0 Å². The number of anilines is 1. The van der Waals surface area contributed by atoms with Crippen molar-refractivity contribution >= 4 is 5.82 Å². The second-order valence-electron chi connectivity index (χ2n) is 7.81. The first-order valence-electron chi connectivity index (χ1n) is 11.0. The van der Waals surface area contributed by atoms with Crippen LogP contribution in [0.4, 0.5) is 5.82 Å². The highest BCUT2D eigenvalue weighted by atomic mass is 16.3. The lowest BCUT2D eigenvalue weighted by atomic mass is 9.88. The van der Waals surface area contributed by atoms with Gasteiger partial charge < -0.3 is 15.0 Å². The number of aliphatic hydroxyl groups excluding tert-OH is 1. The Bertz CT molecular complexity index is 1090. The van der Waals surface area contributed by atoms with Crippen LogP contribution in [0.3, 0.4) is 0 Å². The maximum absolute atomic E-state index is 12.5. The second-order valence-corrected chi connectivity index (χ2v) is 7.81. The van der Waals surface area contributed by atoms with Gasteiger partial charge in [-0.3, -0.25) is 9.55 Å². The minimum Gasteiger partial charge on any atom is -0.390 e. The summed E-state index contributed by atoms with van der Waals surface area (Å²) in [5, 5.41) is 13.3. The first-order chi connectivity index (χ1) is 15.8.